The normalized spacial score (nSPS) is 25.2. The van der Waals surface area contributed by atoms with Crippen LogP contribution in [-0.2, 0) is 32.0 Å². The first-order valence-electron chi connectivity index (χ1n) is 31.9. The SMILES string of the molecule is COc1cc([C@H]2CC(=O)C[C@H](OC(C)=O)CC[C@]34Cc5c[nH]cc5[C@H](C#CCC3=CC=C[C@@H]4C)[C@H](c3cccc(O)c3)C3=CCNC(=C3)N(CCC(=O)C3CCCCC3)c3ccc4c5c(n2cc35)CC2(CCCC2)[C@@H]4O)cc(O)c1Oc1cccc(O)c1. The highest BCUT2D eigenvalue weighted by atomic mass is 16.5. The smallest absolute Gasteiger partial charge is 0.302 e. The second kappa shape index (κ2) is 24.3. The minimum Gasteiger partial charge on any atom is -0.508 e. The quantitative estimate of drug-likeness (QED) is 0.0562. The fourth-order valence-electron chi connectivity index (χ4n) is 16.3. The first kappa shape index (κ1) is 58.6. The third-order valence-electron chi connectivity index (χ3n) is 20.8. The lowest BCUT2D eigenvalue weighted by Gasteiger charge is -2.43. The lowest BCUT2D eigenvalue weighted by atomic mass is 9.61. The summed E-state index contributed by atoms with van der Waals surface area (Å²) in [6, 6.07) is 20.6. The van der Waals surface area contributed by atoms with Gasteiger partial charge in [0.05, 0.1) is 30.9 Å². The Morgan fingerprint density at radius 2 is 1.67 bits per heavy atom. The average molecular weight is 1190 g/mol. The zero-order valence-corrected chi connectivity index (χ0v) is 50.7. The topological polar surface area (TPSA) is 196 Å². The van der Waals surface area contributed by atoms with Crippen molar-refractivity contribution in [1.82, 2.24) is 14.9 Å². The Morgan fingerprint density at radius 3 is 2.45 bits per heavy atom. The second-order valence-corrected chi connectivity index (χ2v) is 26.0. The van der Waals surface area contributed by atoms with Crippen LogP contribution in [0.3, 0.4) is 0 Å². The number of aromatic nitrogens is 2. The van der Waals surface area contributed by atoms with Crippen molar-refractivity contribution in [1.29, 1.82) is 0 Å². The van der Waals surface area contributed by atoms with Gasteiger partial charge in [0.15, 0.2) is 11.5 Å². The molecule has 0 amide bonds. The number of ketones is 2. The van der Waals surface area contributed by atoms with Crippen molar-refractivity contribution in [2.45, 2.75) is 153 Å². The van der Waals surface area contributed by atoms with Gasteiger partial charge in [-0.1, -0.05) is 105 Å². The first-order valence-corrected chi connectivity index (χ1v) is 31.9. The Kier molecular flexibility index (Phi) is 16.2. The van der Waals surface area contributed by atoms with Crippen molar-refractivity contribution in [3.63, 3.8) is 0 Å². The molecule has 0 radical (unpaired) electrons. The predicted molar refractivity (Wildman–Crippen MR) is 339 cm³/mol. The van der Waals surface area contributed by atoms with Gasteiger partial charge < -0.3 is 54.4 Å². The summed E-state index contributed by atoms with van der Waals surface area (Å²) in [6.07, 6.45) is 27.0. The molecule has 4 aromatic carbocycles. The number of benzene rings is 4. The number of methoxy groups -OCH3 is 1. The van der Waals surface area contributed by atoms with E-state index in [-0.39, 0.29) is 82.6 Å². The largest absolute Gasteiger partial charge is 0.508 e. The molecule has 2 spiro atoms. The van der Waals surface area contributed by atoms with Gasteiger partial charge in [0, 0.05) is 109 Å². The summed E-state index contributed by atoms with van der Waals surface area (Å²) >= 11 is 0. The molecule has 6 aromatic rings. The summed E-state index contributed by atoms with van der Waals surface area (Å²) in [5.74, 6) is 7.64. The molecule has 2 aliphatic heterocycles. The molecule has 7 atom stereocenters. The number of nitrogens with one attached hydrogen (secondary N) is 2. The number of nitrogens with zero attached hydrogens (tertiary/aromatic N) is 2. The van der Waals surface area contributed by atoms with E-state index in [9.17, 15) is 30.0 Å². The zero-order valence-electron chi connectivity index (χ0n) is 50.7. The number of allylic oxidation sites excluding steroid dienone is 6. The summed E-state index contributed by atoms with van der Waals surface area (Å²) < 4.78 is 20.7. The van der Waals surface area contributed by atoms with Gasteiger partial charge in [-0.2, -0.15) is 0 Å². The maximum atomic E-state index is 15.6. The fourth-order valence-corrected chi connectivity index (χ4v) is 16.3. The van der Waals surface area contributed by atoms with Crippen molar-refractivity contribution in [3.05, 3.63) is 172 Å². The fraction of sp³-hybridized carbons (Fsp3) is 0.419. The van der Waals surface area contributed by atoms with Gasteiger partial charge in [-0.05, 0) is 139 Å². The van der Waals surface area contributed by atoms with Crippen LogP contribution in [0.15, 0.2) is 139 Å². The predicted octanol–water partition coefficient (Wildman–Crippen LogP) is 14.1. The highest BCUT2D eigenvalue weighted by molar-refractivity contribution is 6.00. The minimum atomic E-state index is -0.782. The number of carbonyl (C=O) groups excluding carboxylic acids is 3. The molecule has 14 heteroatoms. The molecular weight excluding hydrogens is 1100 g/mol. The number of H-pyrrole nitrogens is 1. The van der Waals surface area contributed by atoms with Crippen LogP contribution in [-0.4, -0.2) is 73.8 Å². The van der Waals surface area contributed by atoms with E-state index in [1.165, 1.54) is 31.7 Å². The molecule has 88 heavy (non-hydrogen) atoms. The zero-order chi connectivity index (χ0) is 60.8. The highest BCUT2D eigenvalue weighted by Crippen LogP contribution is 2.58. The number of fused-ring (bicyclic) bond motifs is 3. The van der Waals surface area contributed by atoms with Crippen molar-refractivity contribution in [2.24, 2.45) is 22.7 Å². The van der Waals surface area contributed by atoms with E-state index in [4.69, 9.17) is 14.2 Å². The number of esters is 1. The number of rotatable bonds is 10. The molecule has 13 rings (SSSR count). The molecule has 6 bridgehead atoms. The first-order chi connectivity index (χ1) is 42.7. The Bertz CT molecular complexity index is 3890. The molecule has 2 fully saturated rings. The summed E-state index contributed by atoms with van der Waals surface area (Å²) in [5, 5.41) is 52.3. The molecule has 6 N–H and O–H groups in total. The Hall–Kier alpha value is -8.41. The molecule has 0 saturated heterocycles. The van der Waals surface area contributed by atoms with E-state index in [1.54, 1.807) is 30.3 Å². The molecule has 2 saturated carbocycles. The molecule has 4 heterocycles. The average Bonchev–Trinajstić information content (AvgIpc) is 1.60. The number of carbonyl (C=O) groups is 3. The summed E-state index contributed by atoms with van der Waals surface area (Å²) in [5.41, 5.74) is 7.42. The second-order valence-electron chi connectivity index (χ2n) is 26.0. The van der Waals surface area contributed by atoms with Crippen LogP contribution >= 0.6 is 0 Å². The summed E-state index contributed by atoms with van der Waals surface area (Å²) in [4.78, 5) is 49.2. The van der Waals surface area contributed by atoms with Crippen molar-refractivity contribution >= 4 is 34.0 Å². The van der Waals surface area contributed by atoms with E-state index in [0.29, 0.717) is 57.2 Å². The van der Waals surface area contributed by atoms with Crippen LogP contribution in [0, 0.1) is 34.5 Å². The lowest BCUT2D eigenvalue weighted by Crippen LogP contribution is -2.37. The maximum absolute atomic E-state index is 15.6. The number of hydrogen-bond donors (Lipinski definition) is 6. The van der Waals surface area contributed by atoms with E-state index in [0.717, 1.165) is 114 Å². The summed E-state index contributed by atoms with van der Waals surface area (Å²) in [6.45, 7) is 4.45. The van der Waals surface area contributed by atoms with E-state index in [1.807, 2.05) is 12.1 Å². The van der Waals surface area contributed by atoms with Gasteiger partial charge in [-0.15, -0.1) is 0 Å². The van der Waals surface area contributed by atoms with Crippen molar-refractivity contribution in [3.8, 4) is 46.3 Å². The van der Waals surface area contributed by atoms with Crippen LogP contribution in [0.2, 0.25) is 0 Å². The number of anilines is 1. The Labute approximate surface area is 515 Å². The van der Waals surface area contributed by atoms with Gasteiger partial charge in [0.1, 0.15) is 40.7 Å². The number of dihydropyridines is 1. The Morgan fingerprint density at radius 1 is 0.864 bits per heavy atom. The molecule has 7 aliphatic rings. The number of hydrogen-bond acceptors (Lipinski definition) is 12. The number of aliphatic hydroxyl groups excluding tert-OH is 1. The molecule has 2 aromatic heterocycles. The van der Waals surface area contributed by atoms with E-state index < -0.39 is 35.0 Å². The third kappa shape index (κ3) is 11.1. The third-order valence-corrected chi connectivity index (χ3v) is 20.8. The van der Waals surface area contributed by atoms with Crippen LogP contribution in [0.1, 0.15) is 168 Å². The van der Waals surface area contributed by atoms with Gasteiger partial charge in [0.25, 0.3) is 0 Å². The number of phenolic OH excluding ortho intramolecular Hbond substituents is 3. The van der Waals surface area contributed by atoms with Crippen LogP contribution in [0.25, 0.3) is 10.8 Å². The van der Waals surface area contributed by atoms with E-state index in [2.05, 4.69) is 106 Å². The van der Waals surface area contributed by atoms with Crippen LogP contribution < -0.4 is 19.7 Å². The number of aliphatic hydroxyl groups is 1. The van der Waals surface area contributed by atoms with Crippen molar-refractivity contribution < 1.29 is 49.0 Å². The number of aromatic hydroxyl groups is 3. The summed E-state index contributed by atoms with van der Waals surface area (Å²) in [7, 11) is 1.49. The number of ether oxygens (including phenoxy) is 3. The standard InChI is InChI=1S/C74H80N4O10/c1-45-13-9-17-52-18-11-22-58-60-43-75-42-51(60)40-74(45,52)30-25-57(87-46(2)79)38-55(82)39-63(50-34-66(84)71(67(35-50)86-3)88-56-21-12-20-54(81)37-56)78-44-61-62(24-23-59-70(61)64(78)41-73(72(59)85)28-7-8-29-73)77(32-27-65(83)47-14-5-4-6-15-47)68-36-49(26-31-76-68)69(58)48-16-10-19-53(80)33-48/h9-10,12-13,16-17,19-21,23-24,26,33-37,42-45,47,57-58,63,69,72,75-76,80-81,84-85H,4-8,14-15,18,25,27-32,38-41H2,1-3H3/t45-,57+,58-,63+,69+,72+,74+/m0/s1. The number of phenols is 3. The monoisotopic (exact) mass is 1180 g/mol. The molecular formula is C74H80N4O10. The van der Waals surface area contributed by atoms with Gasteiger partial charge >= 0.3 is 5.97 Å². The maximum Gasteiger partial charge on any atom is 0.302 e. The van der Waals surface area contributed by atoms with Crippen molar-refractivity contribution in [2.75, 3.05) is 25.1 Å². The van der Waals surface area contributed by atoms with Gasteiger partial charge in [0.2, 0.25) is 5.75 Å². The number of Topliss-reactive ketones (excluding diaryl/α,β-unsaturated/α-hetero) is 2. The van der Waals surface area contributed by atoms with E-state index >= 15 is 4.79 Å². The van der Waals surface area contributed by atoms with Crippen LogP contribution in [0.4, 0.5) is 5.69 Å². The van der Waals surface area contributed by atoms with Gasteiger partial charge in [-0.3, -0.25) is 14.4 Å². The highest BCUT2D eigenvalue weighted by Gasteiger charge is 2.48. The molecule has 5 aliphatic carbocycles. The van der Waals surface area contributed by atoms with Crippen LogP contribution in [0.5, 0.6) is 34.5 Å². The Balaban J connectivity index is 1.05. The lowest BCUT2D eigenvalue weighted by molar-refractivity contribution is -0.148. The minimum absolute atomic E-state index is 0.0113. The molecule has 456 valence electrons. The molecule has 14 nitrogen and oxygen atoms in total. The molecule has 0 unspecified atom stereocenters. The number of aromatic amines is 1. The van der Waals surface area contributed by atoms with Gasteiger partial charge in [-0.25, -0.2) is 0 Å².